The van der Waals surface area contributed by atoms with Crippen molar-refractivity contribution in [2.75, 3.05) is 0 Å². The van der Waals surface area contributed by atoms with E-state index in [1.54, 1.807) is 0 Å². The van der Waals surface area contributed by atoms with Crippen molar-refractivity contribution in [3.05, 3.63) is 59.2 Å². The number of fused-ring (bicyclic) bond motifs is 1. The molecule has 0 radical (unpaired) electrons. The summed E-state index contributed by atoms with van der Waals surface area (Å²) in [7, 11) is 0. The van der Waals surface area contributed by atoms with Crippen molar-refractivity contribution >= 4 is 5.78 Å². The molecular formula is C17H16O. The van der Waals surface area contributed by atoms with E-state index < -0.39 is 0 Å². The third-order valence-electron chi connectivity index (χ3n) is 3.78. The summed E-state index contributed by atoms with van der Waals surface area (Å²) < 4.78 is 0. The first-order valence-corrected chi connectivity index (χ1v) is 6.40. The number of carbonyl (C=O) groups excluding carboxylic acids is 1. The summed E-state index contributed by atoms with van der Waals surface area (Å²) in [6.07, 6.45) is 0.883. The van der Waals surface area contributed by atoms with Crippen LogP contribution < -0.4 is 0 Å². The molecule has 90 valence electrons. The molecule has 0 N–H and O–H groups in total. The zero-order valence-electron chi connectivity index (χ0n) is 10.7. The minimum Gasteiger partial charge on any atom is -0.294 e. The van der Waals surface area contributed by atoms with Crippen molar-refractivity contribution in [2.24, 2.45) is 5.92 Å². The normalized spacial score (nSPS) is 17.9. The van der Waals surface area contributed by atoms with Gasteiger partial charge in [0, 0.05) is 11.5 Å². The molecule has 2 aromatic carbocycles. The van der Waals surface area contributed by atoms with Gasteiger partial charge in [-0.1, -0.05) is 49.4 Å². The summed E-state index contributed by atoms with van der Waals surface area (Å²) in [4.78, 5) is 12.3. The van der Waals surface area contributed by atoms with E-state index in [4.69, 9.17) is 0 Å². The molecule has 2 aromatic rings. The smallest absolute Gasteiger partial charge is 0.166 e. The molecule has 0 saturated heterocycles. The fraction of sp³-hybridized carbons (Fsp3) is 0.235. The van der Waals surface area contributed by atoms with Crippen molar-refractivity contribution in [3.8, 4) is 11.1 Å². The predicted octanol–water partition coefficient (Wildman–Crippen LogP) is 4.04. The second kappa shape index (κ2) is 4.09. The fourth-order valence-corrected chi connectivity index (χ4v) is 2.85. The van der Waals surface area contributed by atoms with Crippen LogP contribution >= 0.6 is 0 Å². The summed E-state index contributed by atoms with van der Waals surface area (Å²) in [6, 6.07) is 14.5. The molecule has 1 aliphatic carbocycles. The van der Waals surface area contributed by atoms with Gasteiger partial charge in [0.2, 0.25) is 0 Å². The van der Waals surface area contributed by atoms with Crippen LogP contribution in [-0.2, 0) is 6.42 Å². The monoisotopic (exact) mass is 236 g/mol. The van der Waals surface area contributed by atoms with Crippen LogP contribution in [0, 0.1) is 12.8 Å². The molecule has 1 aliphatic rings. The number of ketones is 1. The van der Waals surface area contributed by atoms with Gasteiger partial charge in [-0.05, 0) is 35.6 Å². The quantitative estimate of drug-likeness (QED) is 0.730. The first kappa shape index (κ1) is 11.2. The van der Waals surface area contributed by atoms with Crippen LogP contribution in [0.3, 0.4) is 0 Å². The number of Topliss-reactive ketones (excluding diaryl/α,β-unsaturated/α-hetero) is 1. The first-order chi connectivity index (χ1) is 8.68. The summed E-state index contributed by atoms with van der Waals surface area (Å²) in [5.74, 6) is 0.428. The van der Waals surface area contributed by atoms with Crippen LogP contribution in [0.25, 0.3) is 11.1 Å². The maximum atomic E-state index is 12.3. The highest BCUT2D eigenvalue weighted by Gasteiger charge is 2.30. The molecule has 0 amide bonds. The molecule has 1 atom stereocenters. The number of rotatable bonds is 1. The van der Waals surface area contributed by atoms with Crippen LogP contribution in [0.5, 0.6) is 0 Å². The van der Waals surface area contributed by atoms with Crippen molar-refractivity contribution in [2.45, 2.75) is 20.3 Å². The number of aryl methyl sites for hydroxylation is 1. The molecule has 0 aromatic heterocycles. The van der Waals surface area contributed by atoms with Gasteiger partial charge in [-0.15, -0.1) is 0 Å². The van der Waals surface area contributed by atoms with Gasteiger partial charge in [-0.3, -0.25) is 4.79 Å². The topological polar surface area (TPSA) is 17.1 Å². The molecule has 0 aliphatic heterocycles. The SMILES string of the molecule is Cc1ccc2c(c1-c1ccccc1)C(=O)C(C)C2. The van der Waals surface area contributed by atoms with Crippen molar-refractivity contribution in [1.29, 1.82) is 0 Å². The van der Waals surface area contributed by atoms with E-state index in [1.807, 2.05) is 25.1 Å². The van der Waals surface area contributed by atoms with Gasteiger partial charge in [0.1, 0.15) is 0 Å². The summed E-state index contributed by atoms with van der Waals surface area (Å²) >= 11 is 0. The molecule has 0 heterocycles. The Bertz CT molecular complexity index is 611. The molecule has 0 bridgehead atoms. The van der Waals surface area contributed by atoms with Crippen LogP contribution in [0.2, 0.25) is 0 Å². The standard InChI is InChI=1S/C17H16O/c1-11-8-9-14-10-12(2)17(18)16(14)15(11)13-6-4-3-5-7-13/h3-9,12H,10H2,1-2H3. The van der Waals surface area contributed by atoms with Gasteiger partial charge < -0.3 is 0 Å². The third kappa shape index (κ3) is 1.59. The molecule has 0 spiro atoms. The lowest BCUT2D eigenvalue weighted by atomic mass is 9.92. The average molecular weight is 236 g/mol. The van der Waals surface area contributed by atoms with E-state index >= 15 is 0 Å². The summed E-state index contributed by atoms with van der Waals surface area (Å²) in [5, 5.41) is 0. The minimum absolute atomic E-state index is 0.129. The summed E-state index contributed by atoms with van der Waals surface area (Å²) in [6.45, 7) is 4.10. The Hall–Kier alpha value is -1.89. The predicted molar refractivity (Wildman–Crippen MR) is 73.8 cm³/mol. The lowest BCUT2D eigenvalue weighted by Crippen LogP contribution is -2.05. The zero-order chi connectivity index (χ0) is 12.7. The maximum Gasteiger partial charge on any atom is 0.166 e. The molecule has 3 rings (SSSR count). The van der Waals surface area contributed by atoms with E-state index in [0.717, 1.165) is 23.1 Å². The molecule has 1 heteroatoms. The van der Waals surface area contributed by atoms with Gasteiger partial charge in [-0.2, -0.15) is 0 Å². The minimum atomic E-state index is 0.129. The van der Waals surface area contributed by atoms with Crippen LogP contribution in [0.15, 0.2) is 42.5 Å². The maximum absolute atomic E-state index is 12.3. The first-order valence-electron chi connectivity index (χ1n) is 6.40. The Balaban J connectivity index is 2.28. The molecular weight excluding hydrogens is 220 g/mol. The fourth-order valence-electron chi connectivity index (χ4n) is 2.85. The zero-order valence-corrected chi connectivity index (χ0v) is 10.7. The molecule has 0 fully saturated rings. The highest BCUT2D eigenvalue weighted by atomic mass is 16.1. The average Bonchev–Trinajstić information content (AvgIpc) is 2.67. The molecule has 18 heavy (non-hydrogen) atoms. The number of benzene rings is 2. The second-order valence-electron chi connectivity index (χ2n) is 5.13. The number of hydrogen-bond acceptors (Lipinski definition) is 1. The Labute approximate surface area is 107 Å². The van der Waals surface area contributed by atoms with E-state index in [-0.39, 0.29) is 5.92 Å². The molecule has 1 unspecified atom stereocenters. The van der Waals surface area contributed by atoms with Gasteiger partial charge in [0.25, 0.3) is 0 Å². The van der Waals surface area contributed by atoms with Gasteiger partial charge >= 0.3 is 0 Å². The highest BCUT2D eigenvalue weighted by molar-refractivity contribution is 6.08. The third-order valence-corrected chi connectivity index (χ3v) is 3.78. The summed E-state index contributed by atoms with van der Waals surface area (Å²) in [5.41, 5.74) is 5.62. The van der Waals surface area contributed by atoms with Crippen LogP contribution in [0.4, 0.5) is 0 Å². The number of hydrogen-bond donors (Lipinski definition) is 0. The van der Waals surface area contributed by atoms with E-state index in [9.17, 15) is 4.79 Å². The van der Waals surface area contributed by atoms with Gasteiger partial charge in [0.05, 0.1) is 0 Å². The Morgan fingerprint density at radius 3 is 2.44 bits per heavy atom. The lowest BCUT2D eigenvalue weighted by Gasteiger charge is -2.11. The number of carbonyl (C=O) groups is 1. The Kier molecular flexibility index (Phi) is 2.55. The van der Waals surface area contributed by atoms with E-state index in [1.165, 1.54) is 11.1 Å². The van der Waals surface area contributed by atoms with E-state index in [2.05, 4.69) is 31.2 Å². The van der Waals surface area contributed by atoms with Crippen molar-refractivity contribution < 1.29 is 4.79 Å². The Morgan fingerprint density at radius 2 is 1.72 bits per heavy atom. The molecule has 1 nitrogen and oxygen atoms in total. The highest BCUT2D eigenvalue weighted by Crippen LogP contribution is 2.36. The second-order valence-corrected chi connectivity index (χ2v) is 5.13. The Morgan fingerprint density at radius 1 is 1.00 bits per heavy atom. The van der Waals surface area contributed by atoms with Crippen molar-refractivity contribution in [3.63, 3.8) is 0 Å². The lowest BCUT2D eigenvalue weighted by molar-refractivity contribution is 0.0947. The van der Waals surface area contributed by atoms with Crippen molar-refractivity contribution in [1.82, 2.24) is 0 Å². The van der Waals surface area contributed by atoms with E-state index in [0.29, 0.717) is 5.78 Å². The van der Waals surface area contributed by atoms with Crippen LogP contribution in [-0.4, -0.2) is 5.78 Å². The van der Waals surface area contributed by atoms with Gasteiger partial charge in [-0.25, -0.2) is 0 Å². The largest absolute Gasteiger partial charge is 0.294 e. The van der Waals surface area contributed by atoms with Crippen LogP contribution in [0.1, 0.15) is 28.4 Å². The molecule has 0 saturated carbocycles. The van der Waals surface area contributed by atoms with Gasteiger partial charge in [0.15, 0.2) is 5.78 Å².